The van der Waals surface area contributed by atoms with Gasteiger partial charge in [-0.1, -0.05) is 36.4 Å². The highest BCUT2D eigenvalue weighted by Gasteiger charge is 2.21. The molecule has 1 aliphatic carbocycles. The van der Waals surface area contributed by atoms with Gasteiger partial charge in [-0.05, 0) is 79.2 Å². The van der Waals surface area contributed by atoms with Crippen molar-refractivity contribution in [1.29, 1.82) is 0 Å². The van der Waals surface area contributed by atoms with E-state index in [0.717, 1.165) is 44.2 Å². The molecule has 27 heavy (non-hydrogen) atoms. The molecule has 4 heteroatoms. The molecule has 3 rings (SSSR count). The molecule has 0 atom stereocenters. The maximum absolute atomic E-state index is 13.4. The van der Waals surface area contributed by atoms with Gasteiger partial charge in [0.15, 0.2) is 17.5 Å². The van der Waals surface area contributed by atoms with E-state index < -0.39 is 17.5 Å². The lowest BCUT2D eigenvalue weighted by atomic mass is 9.78. The van der Waals surface area contributed by atoms with Gasteiger partial charge in [0.1, 0.15) is 0 Å². The highest BCUT2D eigenvalue weighted by atomic mass is 19.2. The van der Waals surface area contributed by atoms with Crippen molar-refractivity contribution < 1.29 is 17.6 Å². The van der Waals surface area contributed by atoms with Crippen LogP contribution in [-0.2, 0) is 0 Å². The van der Waals surface area contributed by atoms with E-state index in [-0.39, 0.29) is 6.67 Å². The van der Waals surface area contributed by atoms with Crippen LogP contribution in [0.2, 0.25) is 0 Å². The van der Waals surface area contributed by atoms with Crippen LogP contribution >= 0.6 is 0 Å². The Labute approximate surface area is 157 Å². The van der Waals surface area contributed by atoms with E-state index in [1.165, 1.54) is 5.56 Å². The fourth-order valence-corrected chi connectivity index (χ4v) is 3.80. The summed E-state index contributed by atoms with van der Waals surface area (Å²) in [7, 11) is 0. The van der Waals surface area contributed by atoms with Crippen LogP contribution < -0.4 is 0 Å². The monoisotopic (exact) mass is 376 g/mol. The molecule has 1 saturated carbocycles. The first kappa shape index (κ1) is 19.7. The average Bonchev–Trinajstić information content (AvgIpc) is 2.70. The number of rotatable bonds is 6. The van der Waals surface area contributed by atoms with Gasteiger partial charge in [0.25, 0.3) is 0 Å². The number of hydrogen-bond donors (Lipinski definition) is 0. The van der Waals surface area contributed by atoms with Gasteiger partial charge in [-0.25, -0.2) is 13.2 Å². The van der Waals surface area contributed by atoms with Crippen molar-refractivity contribution in [2.24, 2.45) is 5.92 Å². The Bertz CT molecular complexity index is 748. The van der Waals surface area contributed by atoms with Crippen molar-refractivity contribution in [2.45, 2.75) is 44.4 Å². The van der Waals surface area contributed by atoms with Crippen LogP contribution in [0.3, 0.4) is 0 Å². The minimum absolute atomic E-state index is 0.260. The Morgan fingerprint density at radius 3 is 2.07 bits per heavy atom. The summed E-state index contributed by atoms with van der Waals surface area (Å²) in [5.74, 6) is -2.73. The second kappa shape index (κ2) is 9.20. The summed E-state index contributed by atoms with van der Waals surface area (Å²) in [6.07, 6.45) is 10.2. The molecule has 0 radical (unpaired) electrons. The average molecular weight is 376 g/mol. The third kappa shape index (κ3) is 5.00. The van der Waals surface area contributed by atoms with Gasteiger partial charge >= 0.3 is 0 Å². The Kier molecular flexibility index (Phi) is 6.70. The molecule has 0 aromatic heterocycles. The van der Waals surface area contributed by atoms with Crippen molar-refractivity contribution >= 4 is 0 Å². The van der Waals surface area contributed by atoms with Crippen molar-refractivity contribution in [1.82, 2.24) is 0 Å². The number of halogens is 4. The Morgan fingerprint density at radius 2 is 1.48 bits per heavy atom. The van der Waals surface area contributed by atoms with Crippen LogP contribution in [0.5, 0.6) is 0 Å². The topological polar surface area (TPSA) is 0 Å². The van der Waals surface area contributed by atoms with E-state index in [1.807, 2.05) is 24.3 Å². The summed E-state index contributed by atoms with van der Waals surface area (Å²) in [4.78, 5) is 0. The first-order valence-corrected chi connectivity index (χ1v) is 9.56. The highest BCUT2D eigenvalue weighted by molar-refractivity contribution is 5.64. The normalized spacial score (nSPS) is 20.3. The summed E-state index contributed by atoms with van der Waals surface area (Å²) >= 11 is 0. The largest absolute Gasteiger partial charge is 0.251 e. The van der Waals surface area contributed by atoms with Crippen LogP contribution in [0, 0.1) is 23.4 Å². The zero-order valence-corrected chi connectivity index (χ0v) is 15.2. The first-order chi connectivity index (χ1) is 13.1. The fourth-order valence-electron chi connectivity index (χ4n) is 3.80. The lowest BCUT2D eigenvalue weighted by Crippen LogP contribution is -2.11. The molecular weight excluding hydrogens is 352 g/mol. The zero-order chi connectivity index (χ0) is 19.2. The number of benzene rings is 2. The molecule has 0 unspecified atom stereocenters. The van der Waals surface area contributed by atoms with Crippen LogP contribution in [0.25, 0.3) is 11.1 Å². The molecule has 0 bridgehead atoms. The van der Waals surface area contributed by atoms with E-state index in [9.17, 15) is 17.6 Å². The van der Waals surface area contributed by atoms with E-state index >= 15 is 0 Å². The second-order valence-corrected chi connectivity index (χ2v) is 7.25. The van der Waals surface area contributed by atoms with Gasteiger partial charge in [-0.3, -0.25) is 4.39 Å². The van der Waals surface area contributed by atoms with Gasteiger partial charge < -0.3 is 0 Å². The second-order valence-electron chi connectivity index (χ2n) is 7.25. The third-order valence-electron chi connectivity index (χ3n) is 5.38. The third-order valence-corrected chi connectivity index (χ3v) is 5.38. The van der Waals surface area contributed by atoms with Crippen molar-refractivity contribution in [3.8, 4) is 11.1 Å². The molecule has 0 nitrogen and oxygen atoms in total. The molecule has 2 aromatic carbocycles. The smallest absolute Gasteiger partial charge is 0.194 e. The predicted octanol–water partition coefficient (Wildman–Crippen LogP) is 7.35. The Hall–Kier alpha value is -2.10. The number of alkyl halides is 1. The number of unbranched alkanes of at least 4 members (excludes halogenated alkanes) is 1. The van der Waals surface area contributed by atoms with Gasteiger partial charge in [0.2, 0.25) is 0 Å². The molecule has 0 heterocycles. The molecular formula is C23H24F4. The summed E-state index contributed by atoms with van der Waals surface area (Å²) in [5, 5.41) is 0. The number of hydrogen-bond acceptors (Lipinski definition) is 0. The quantitative estimate of drug-likeness (QED) is 0.214. The molecule has 2 aromatic rings. The maximum Gasteiger partial charge on any atom is 0.194 e. The standard InChI is InChI=1S/C23H24F4/c24-13-3-1-2-4-16-5-7-17(8-6-16)18-9-11-19(12-10-18)20-14-21(25)23(27)22(26)15-20/h2,4,9-12,14-17H,1,3,5-8,13H2/b4-2+/t16-,17-. The molecule has 1 fully saturated rings. The van der Waals surface area contributed by atoms with E-state index in [0.29, 0.717) is 29.4 Å². The Morgan fingerprint density at radius 1 is 0.852 bits per heavy atom. The van der Waals surface area contributed by atoms with Crippen molar-refractivity contribution in [3.63, 3.8) is 0 Å². The van der Waals surface area contributed by atoms with Crippen LogP contribution in [0.15, 0.2) is 48.6 Å². The molecule has 144 valence electrons. The zero-order valence-electron chi connectivity index (χ0n) is 15.2. The van der Waals surface area contributed by atoms with E-state index in [4.69, 9.17) is 0 Å². The molecule has 0 amide bonds. The summed E-state index contributed by atoms with van der Waals surface area (Å²) in [6, 6.07) is 9.71. The lowest BCUT2D eigenvalue weighted by molar-refractivity contribution is 0.375. The van der Waals surface area contributed by atoms with Gasteiger partial charge in [0.05, 0.1) is 6.67 Å². The van der Waals surface area contributed by atoms with Crippen LogP contribution in [-0.4, -0.2) is 6.67 Å². The van der Waals surface area contributed by atoms with Gasteiger partial charge in [-0.2, -0.15) is 0 Å². The highest BCUT2D eigenvalue weighted by Crippen LogP contribution is 2.37. The van der Waals surface area contributed by atoms with Crippen LogP contribution in [0.4, 0.5) is 17.6 Å². The lowest BCUT2D eigenvalue weighted by Gasteiger charge is -2.27. The van der Waals surface area contributed by atoms with E-state index in [2.05, 4.69) is 12.2 Å². The predicted molar refractivity (Wildman–Crippen MR) is 101 cm³/mol. The van der Waals surface area contributed by atoms with Gasteiger partial charge in [-0.15, -0.1) is 0 Å². The van der Waals surface area contributed by atoms with Crippen molar-refractivity contribution in [3.05, 3.63) is 71.6 Å². The molecule has 1 aliphatic rings. The Balaban J connectivity index is 1.61. The SMILES string of the molecule is FCCC/C=C/[C@H]1CC[C@H](c2ccc(-c3cc(F)c(F)c(F)c3)cc2)CC1. The minimum Gasteiger partial charge on any atom is -0.251 e. The fraction of sp³-hybridized carbons (Fsp3) is 0.391. The van der Waals surface area contributed by atoms with Crippen molar-refractivity contribution in [2.75, 3.05) is 6.67 Å². The van der Waals surface area contributed by atoms with E-state index in [1.54, 1.807) is 0 Å². The summed E-state index contributed by atoms with van der Waals surface area (Å²) in [6.45, 7) is -0.260. The summed E-state index contributed by atoms with van der Waals surface area (Å²) < 4.78 is 52.1. The van der Waals surface area contributed by atoms with Gasteiger partial charge in [0, 0.05) is 0 Å². The molecule has 0 spiro atoms. The molecule has 0 N–H and O–H groups in total. The summed E-state index contributed by atoms with van der Waals surface area (Å²) in [5.41, 5.74) is 2.22. The minimum atomic E-state index is -1.44. The first-order valence-electron chi connectivity index (χ1n) is 9.56. The molecule has 0 saturated heterocycles. The number of allylic oxidation sites excluding steroid dienone is 2. The maximum atomic E-state index is 13.4. The molecule has 0 aliphatic heterocycles. The van der Waals surface area contributed by atoms with Crippen LogP contribution in [0.1, 0.15) is 50.0 Å².